The largest absolute Gasteiger partial charge is 0.495 e. The van der Waals surface area contributed by atoms with Crippen LogP contribution < -0.4 is 10.1 Å². The molecule has 6 nitrogen and oxygen atoms in total. The summed E-state index contributed by atoms with van der Waals surface area (Å²) in [6, 6.07) is 5.42. The van der Waals surface area contributed by atoms with Crippen LogP contribution >= 0.6 is 0 Å². The average molecular weight is 303 g/mol. The summed E-state index contributed by atoms with van der Waals surface area (Å²) in [6.45, 7) is 1.90. The predicted molar refractivity (Wildman–Crippen MR) is 78.8 cm³/mol. The Bertz CT molecular complexity index is 654. The van der Waals surface area contributed by atoms with E-state index in [1.165, 1.54) is 7.11 Å². The topological polar surface area (TPSA) is 84.9 Å². The Morgan fingerprint density at radius 3 is 2.55 bits per heavy atom. The zero-order valence-corrected chi connectivity index (χ0v) is 12.3. The fraction of sp³-hybridized carbons (Fsp3) is 0.375. The Balaban J connectivity index is 1.84. The van der Waals surface area contributed by atoms with Crippen molar-refractivity contribution < 1.29 is 24.2 Å². The van der Waals surface area contributed by atoms with Crippen molar-refractivity contribution in [3.63, 3.8) is 0 Å². The van der Waals surface area contributed by atoms with Gasteiger partial charge in [0.2, 0.25) is 5.91 Å². The molecule has 2 aliphatic heterocycles. The van der Waals surface area contributed by atoms with Crippen LogP contribution in [0.4, 0.5) is 5.69 Å². The van der Waals surface area contributed by atoms with Crippen LogP contribution in [-0.4, -0.2) is 36.3 Å². The van der Waals surface area contributed by atoms with Crippen molar-refractivity contribution in [2.24, 2.45) is 11.8 Å². The minimum absolute atomic E-state index is 0.367. The maximum atomic E-state index is 12.6. The lowest BCUT2D eigenvalue weighted by atomic mass is 9.82. The molecule has 0 aliphatic carbocycles. The van der Waals surface area contributed by atoms with Crippen LogP contribution in [0.2, 0.25) is 0 Å². The number of benzene rings is 1. The van der Waals surface area contributed by atoms with Crippen molar-refractivity contribution in [1.29, 1.82) is 0 Å². The van der Waals surface area contributed by atoms with Crippen molar-refractivity contribution >= 4 is 17.6 Å². The number of hydrogen-bond acceptors (Lipinski definition) is 4. The van der Waals surface area contributed by atoms with E-state index in [0.29, 0.717) is 11.4 Å². The minimum Gasteiger partial charge on any atom is -0.495 e. The maximum Gasteiger partial charge on any atom is 0.310 e. The molecule has 116 valence electrons. The van der Waals surface area contributed by atoms with Crippen molar-refractivity contribution in [3.8, 4) is 5.75 Å². The van der Waals surface area contributed by atoms with Gasteiger partial charge in [-0.15, -0.1) is 0 Å². The van der Waals surface area contributed by atoms with Crippen molar-refractivity contribution in [2.45, 2.75) is 19.1 Å². The number of fused-ring (bicyclic) bond motifs is 2. The molecule has 1 fully saturated rings. The molecule has 1 saturated heterocycles. The van der Waals surface area contributed by atoms with Crippen LogP contribution in [0.3, 0.4) is 0 Å². The zero-order valence-electron chi connectivity index (χ0n) is 12.3. The highest BCUT2D eigenvalue weighted by atomic mass is 16.5. The van der Waals surface area contributed by atoms with Gasteiger partial charge in [-0.3, -0.25) is 9.59 Å². The average Bonchev–Trinajstić information content (AvgIpc) is 3.08. The quantitative estimate of drug-likeness (QED) is 0.825. The molecule has 2 aliphatic rings. The predicted octanol–water partition coefficient (Wildman–Crippen LogP) is 1.60. The van der Waals surface area contributed by atoms with Gasteiger partial charge in [0.25, 0.3) is 0 Å². The molecule has 0 radical (unpaired) electrons. The normalized spacial score (nSPS) is 28.6. The molecular formula is C16H17NO5. The molecule has 2 heterocycles. The number of aryl methyl sites for hydroxylation is 1. The number of ether oxygens (including phenoxy) is 2. The molecule has 0 spiro atoms. The van der Waals surface area contributed by atoms with Gasteiger partial charge in [-0.2, -0.15) is 0 Å². The fourth-order valence-corrected chi connectivity index (χ4v) is 3.05. The molecule has 1 aromatic rings. The van der Waals surface area contributed by atoms with Gasteiger partial charge < -0.3 is 19.9 Å². The summed E-state index contributed by atoms with van der Waals surface area (Å²) in [5.74, 6) is -2.45. The van der Waals surface area contributed by atoms with Crippen LogP contribution in [0.5, 0.6) is 5.75 Å². The Labute approximate surface area is 127 Å². The Morgan fingerprint density at radius 2 is 1.91 bits per heavy atom. The second kappa shape index (κ2) is 5.46. The van der Waals surface area contributed by atoms with Crippen LogP contribution in [0, 0.1) is 18.8 Å². The molecule has 6 heteroatoms. The van der Waals surface area contributed by atoms with Gasteiger partial charge >= 0.3 is 5.97 Å². The van der Waals surface area contributed by atoms with E-state index in [0.717, 1.165) is 5.56 Å². The van der Waals surface area contributed by atoms with Gasteiger partial charge in [0, 0.05) is 0 Å². The molecule has 0 aromatic heterocycles. The molecule has 0 unspecified atom stereocenters. The van der Waals surface area contributed by atoms with Gasteiger partial charge in [-0.1, -0.05) is 18.2 Å². The van der Waals surface area contributed by atoms with E-state index in [-0.39, 0.29) is 5.91 Å². The molecule has 0 saturated carbocycles. The number of anilines is 1. The summed E-state index contributed by atoms with van der Waals surface area (Å²) in [5.41, 5.74) is 1.50. The third-order valence-electron chi connectivity index (χ3n) is 4.10. The molecule has 3 rings (SSSR count). The second-order valence-electron chi connectivity index (χ2n) is 5.53. The molecule has 2 bridgehead atoms. The van der Waals surface area contributed by atoms with E-state index >= 15 is 0 Å². The number of hydrogen-bond donors (Lipinski definition) is 2. The SMILES string of the molecule is COc1ccc(C)cc1NC(=O)[C@@H]1[C@@H](C(=O)O)[C@@H]2C=C[C@@H]1O2. The number of amides is 1. The van der Waals surface area contributed by atoms with E-state index in [1.807, 2.05) is 13.0 Å². The van der Waals surface area contributed by atoms with E-state index < -0.39 is 30.0 Å². The van der Waals surface area contributed by atoms with Crippen LogP contribution in [0.25, 0.3) is 0 Å². The van der Waals surface area contributed by atoms with Gasteiger partial charge in [0.1, 0.15) is 11.7 Å². The Kier molecular flexibility index (Phi) is 3.62. The summed E-state index contributed by atoms with van der Waals surface area (Å²) in [6.07, 6.45) is 2.45. The number of carbonyl (C=O) groups is 2. The minimum atomic E-state index is -1.02. The number of aliphatic carboxylic acids is 1. The molecular weight excluding hydrogens is 286 g/mol. The van der Waals surface area contributed by atoms with E-state index in [1.54, 1.807) is 24.3 Å². The highest BCUT2D eigenvalue weighted by Crippen LogP contribution is 2.40. The lowest BCUT2D eigenvalue weighted by Gasteiger charge is -2.21. The number of carboxylic acids is 1. The smallest absolute Gasteiger partial charge is 0.310 e. The lowest BCUT2D eigenvalue weighted by Crippen LogP contribution is -2.39. The van der Waals surface area contributed by atoms with Crippen LogP contribution in [-0.2, 0) is 14.3 Å². The monoisotopic (exact) mass is 303 g/mol. The molecule has 22 heavy (non-hydrogen) atoms. The first-order valence-electron chi connectivity index (χ1n) is 7.03. The molecule has 1 aromatic carbocycles. The number of carbonyl (C=O) groups excluding carboxylic acids is 1. The third kappa shape index (κ3) is 2.35. The van der Waals surface area contributed by atoms with Crippen molar-refractivity contribution in [2.75, 3.05) is 12.4 Å². The first-order valence-corrected chi connectivity index (χ1v) is 7.03. The Hall–Kier alpha value is -2.34. The van der Waals surface area contributed by atoms with E-state index in [4.69, 9.17) is 9.47 Å². The van der Waals surface area contributed by atoms with E-state index in [9.17, 15) is 14.7 Å². The summed E-state index contributed by atoms with van der Waals surface area (Å²) in [4.78, 5) is 24.0. The number of methoxy groups -OCH3 is 1. The van der Waals surface area contributed by atoms with Crippen LogP contribution in [0.15, 0.2) is 30.4 Å². The highest BCUT2D eigenvalue weighted by Gasteiger charge is 2.53. The fourth-order valence-electron chi connectivity index (χ4n) is 3.05. The highest BCUT2D eigenvalue weighted by molar-refractivity contribution is 5.97. The number of carboxylic acid groups (broad SMARTS) is 1. The first kappa shape index (κ1) is 14.6. The third-order valence-corrected chi connectivity index (χ3v) is 4.10. The second-order valence-corrected chi connectivity index (χ2v) is 5.53. The first-order chi connectivity index (χ1) is 10.5. The molecule has 4 atom stereocenters. The van der Waals surface area contributed by atoms with E-state index in [2.05, 4.69) is 5.32 Å². The van der Waals surface area contributed by atoms with Gasteiger partial charge in [0.05, 0.1) is 30.9 Å². The lowest BCUT2D eigenvalue weighted by molar-refractivity contribution is -0.145. The van der Waals surface area contributed by atoms with Crippen molar-refractivity contribution in [1.82, 2.24) is 0 Å². The van der Waals surface area contributed by atoms with Crippen LogP contribution in [0.1, 0.15) is 5.56 Å². The number of nitrogens with one attached hydrogen (secondary N) is 1. The molecule has 2 N–H and O–H groups in total. The number of rotatable bonds is 4. The zero-order chi connectivity index (χ0) is 15.9. The van der Waals surface area contributed by atoms with Gasteiger partial charge in [-0.25, -0.2) is 0 Å². The summed E-state index contributed by atoms with van der Waals surface area (Å²) in [5, 5.41) is 12.1. The van der Waals surface area contributed by atoms with Gasteiger partial charge in [-0.05, 0) is 24.6 Å². The molecule has 1 amide bonds. The summed E-state index contributed by atoms with van der Waals surface area (Å²) in [7, 11) is 1.52. The summed E-state index contributed by atoms with van der Waals surface area (Å²) >= 11 is 0. The Morgan fingerprint density at radius 1 is 1.23 bits per heavy atom. The van der Waals surface area contributed by atoms with Gasteiger partial charge in [0.15, 0.2) is 0 Å². The summed E-state index contributed by atoms with van der Waals surface area (Å²) < 4.78 is 10.7. The maximum absolute atomic E-state index is 12.6. The van der Waals surface area contributed by atoms with Crippen molar-refractivity contribution in [3.05, 3.63) is 35.9 Å². The standard InChI is InChI=1S/C16H17NO5/c1-8-3-4-10(21-2)9(7-8)17-15(18)13-11-5-6-12(22-11)14(13)16(19)20/h3-7,11-14H,1-2H3,(H,17,18)(H,19,20)/t11-,12-,13-,14-/m0/s1.